The van der Waals surface area contributed by atoms with Crippen molar-refractivity contribution in [1.82, 2.24) is 15.1 Å². The van der Waals surface area contributed by atoms with Crippen LogP contribution < -0.4 is 11.1 Å². The number of carbonyl (C=O) groups is 3. The monoisotopic (exact) mass is 528 g/mol. The van der Waals surface area contributed by atoms with Gasteiger partial charge >= 0.3 is 0 Å². The molecule has 0 spiro atoms. The number of nitrogens with zero attached hydrogens (tertiary/aromatic N) is 2. The molecule has 5 rings (SSSR count). The summed E-state index contributed by atoms with van der Waals surface area (Å²) >= 11 is 0. The fourth-order valence-corrected chi connectivity index (χ4v) is 6.43. The molecule has 5 atom stereocenters. The van der Waals surface area contributed by atoms with Gasteiger partial charge in [-0.05, 0) is 94.0 Å². The van der Waals surface area contributed by atoms with Crippen LogP contribution in [0.3, 0.4) is 0 Å². The highest BCUT2D eigenvalue weighted by Gasteiger charge is 2.46. The van der Waals surface area contributed by atoms with Crippen molar-refractivity contribution in [2.45, 2.75) is 76.0 Å². The Morgan fingerprint density at radius 2 is 1.79 bits per heavy atom. The number of halogens is 1. The Morgan fingerprint density at radius 3 is 2.47 bits per heavy atom. The van der Waals surface area contributed by atoms with E-state index in [4.69, 9.17) is 10.5 Å². The van der Waals surface area contributed by atoms with Crippen molar-refractivity contribution < 1.29 is 23.5 Å². The fourth-order valence-electron chi connectivity index (χ4n) is 6.43. The van der Waals surface area contributed by atoms with Crippen LogP contribution in [0.15, 0.2) is 24.3 Å². The molecule has 3 N–H and O–H groups in total. The largest absolute Gasteiger partial charge is 0.376 e. The van der Waals surface area contributed by atoms with Crippen LogP contribution >= 0.6 is 0 Å². The topological polar surface area (TPSA) is 105 Å². The van der Waals surface area contributed by atoms with Gasteiger partial charge in [0.05, 0.1) is 12.1 Å². The zero-order chi connectivity index (χ0) is 26.6. The molecule has 2 aliphatic carbocycles. The lowest BCUT2D eigenvalue weighted by Gasteiger charge is -2.31. The number of nitrogens with one attached hydrogen (secondary N) is 1. The predicted octanol–water partition coefficient (Wildman–Crippen LogP) is 2.71. The molecule has 38 heavy (non-hydrogen) atoms. The smallest absolute Gasteiger partial charge is 0.254 e. The van der Waals surface area contributed by atoms with E-state index in [2.05, 4.69) is 5.32 Å². The van der Waals surface area contributed by atoms with Gasteiger partial charge in [-0.1, -0.05) is 6.42 Å². The quantitative estimate of drug-likeness (QED) is 0.513. The molecular weight excluding hydrogens is 487 g/mol. The molecule has 5 unspecified atom stereocenters. The van der Waals surface area contributed by atoms with Crippen molar-refractivity contribution >= 4 is 17.7 Å². The maximum Gasteiger partial charge on any atom is 0.254 e. The third kappa shape index (κ3) is 6.37. The second-order valence-electron chi connectivity index (χ2n) is 11.6. The minimum absolute atomic E-state index is 0.00591. The van der Waals surface area contributed by atoms with Gasteiger partial charge in [0, 0.05) is 37.7 Å². The molecule has 1 aromatic rings. The van der Waals surface area contributed by atoms with Crippen molar-refractivity contribution in [3.63, 3.8) is 0 Å². The van der Waals surface area contributed by atoms with Crippen molar-refractivity contribution in [3.05, 3.63) is 35.6 Å². The van der Waals surface area contributed by atoms with E-state index < -0.39 is 11.9 Å². The number of carbonyl (C=O) groups excluding carboxylic acids is 3. The van der Waals surface area contributed by atoms with E-state index in [1.807, 2.05) is 4.90 Å². The van der Waals surface area contributed by atoms with E-state index in [-0.39, 0.29) is 42.3 Å². The lowest BCUT2D eigenvalue weighted by Crippen LogP contribution is -2.47. The molecule has 4 fully saturated rings. The third-order valence-corrected chi connectivity index (χ3v) is 8.80. The van der Waals surface area contributed by atoms with Crippen molar-refractivity contribution in [3.8, 4) is 0 Å². The summed E-state index contributed by atoms with van der Waals surface area (Å²) in [4.78, 5) is 43.9. The first-order valence-corrected chi connectivity index (χ1v) is 14.4. The number of hydrogen-bond donors (Lipinski definition) is 2. The van der Waals surface area contributed by atoms with Crippen LogP contribution in [0.5, 0.6) is 0 Å². The second kappa shape index (κ2) is 12.1. The normalized spacial score (nSPS) is 29.3. The molecule has 0 aromatic heterocycles. The summed E-state index contributed by atoms with van der Waals surface area (Å²) in [6.45, 7) is 2.71. The Labute approximate surface area is 224 Å². The van der Waals surface area contributed by atoms with Crippen LogP contribution in [0, 0.1) is 23.6 Å². The third-order valence-electron chi connectivity index (χ3n) is 8.80. The van der Waals surface area contributed by atoms with Crippen molar-refractivity contribution in [1.29, 1.82) is 0 Å². The first-order chi connectivity index (χ1) is 18.4. The average Bonchev–Trinajstić information content (AvgIpc) is 3.48. The van der Waals surface area contributed by atoms with Gasteiger partial charge in [0.1, 0.15) is 11.9 Å². The van der Waals surface area contributed by atoms with E-state index in [1.165, 1.54) is 24.3 Å². The first-order valence-electron chi connectivity index (χ1n) is 14.4. The van der Waals surface area contributed by atoms with Gasteiger partial charge < -0.3 is 25.6 Å². The van der Waals surface area contributed by atoms with Gasteiger partial charge in [-0.15, -0.1) is 0 Å². The van der Waals surface area contributed by atoms with Gasteiger partial charge in [0.2, 0.25) is 11.8 Å². The van der Waals surface area contributed by atoms with Crippen LogP contribution in [0.4, 0.5) is 4.39 Å². The summed E-state index contributed by atoms with van der Waals surface area (Å²) in [5, 5.41) is 3.12. The summed E-state index contributed by atoms with van der Waals surface area (Å²) in [6, 6.07) is 4.47. The van der Waals surface area contributed by atoms with Crippen LogP contribution in [0.25, 0.3) is 0 Å². The molecule has 208 valence electrons. The maximum absolute atomic E-state index is 13.6. The molecular formula is C29H41FN4O4. The molecule has 0 bridgehead atoms. The van der Waals surface area contributed by atoms with E-state index in [1.54, 1.807) is 4.90 Å². The van der Waals surface area contributed by atoms with Gasteiger partial charge in [-0.25, -0.2) is 4.39 Å². The molecule has 3 amide bonds. The highest BCUT2D eigenvalue weighted by molar-refractivity contribution is 5.98. The minimum atomic E-state index is -0.689. The molecule has 2 saturated heterocycles. The fraction of sp³-hybridized carbons (Fsp3) is 0.690. The molecule has 0 radical (unpaired) electrons. The average molecular weight is 529 g/mol. The number of hydrogen-bond acceptors (Lipinski definition) is 5. The van der Waals surface area contributed by atoms with Gasteiger partial charge in [0.25, 0.3) is 5.91 Å². The highest BCUT2D eigenvalue weighted by Crippen LogP contribution is 2.35. The molecule has 1 aromatic carbocycles. The highest BCUT2D eigenvalue weighted by atomic mass is 19.1. The standard InChI is InChI=1S/C29H41FN4O4/c30-23-10-8-22(9-11-23)29(37)34-17-24(33(28(36)21-6-7-21)18-25-5-2-12-38-25)14-26(34)27(35)32-16-20-4-1-3-19(13-20)15-31/h8-11,19-21,24-26H,1-7,12-18,31H2,(H,32,35). The van der Waals surface area contributed by atoms with Crippen molar-refractivity contribution in [2.75, 3.05) is 32.8 Å². The number of amides is 3. The predicted molar refractivity (Wildman–Crippen MR) is 141 cm³/mol. The van der Waals surface area contributed by atoms with E-state index >= 15 is 0 Å². The number of ether oxygens (including phenoxy) is 1. The van der Waals surface area contributed by atoms with Gasteiger partial charge in [-0.3, -0.25) is 14.4 Å². The summed E-state index contributed by atoms with van der Waals surface area (Å²) in [6.07, 6.45) is 8.38. The minimum Gasteiger partial charge on any atom is -0.376 e. The van der Waals surface area contributed by atoms with Crippen LogP contribution in [0.2, 0.25) is 0 Å². The number of likely N-dealkylation sites (tertiary alicyclic amines) is 1. The zero-order valence-electron chi connectivity index (χ0n) is 22.2. The Bertz CT molecular complexity index is 995. The number of nitrogens with two attached hydrogens (primary N) is 1. The number of rotatable bonds is 9. The van der Waals surface area contributed by atoms with E-state index in [9.17, 15) is 18.8 Å². The summed E-state index contributed by atoms with van der Waals surface area (Å²) < 4.78 is 19.4. The summed E-state index contributed by atoms with van der Waals surface area (Å²) in [7, 11) is 0. The lowest BCUT2D eigenvalue weighted by atomic mass is 9.81. The summed E-state index contributed by atoms with van der Waals surface area (Å²) in [5.41, 5.74) is 6.23. The van der Waals surface area contributed by atoms with Gasteiger partial charge in [-0.2, -0.15) is 0 Å². The van der Waals surface area contributed by atoms with Gasteiger partial charge in [0.15, 0.2) is 0 Å². The molecule has 2 heterocycles. The van der Waals surface area contributed by atoms with E-state index in [0.29, 0.717) is 50.1 Å². The maximum atomic E-state index is 13.6. The molecule has 4 aliphatic rings. The Kier molecular flexibility index (Phi) is 8.63. The Balaban J connectivity index is 1.32. The number of benzene rings is 1. The zero-order valence-corrected chi connectivity index (χ0v) is 22.2. The van der Waals surface area contributed by atoms with Crippen LogP contribution in [0.1, 0.15) is 68.1 Å². The van der Waals surface area contributed by atoms with Crippen LogP contribution in [-0.4, -0.2) is 78.5 Å². The lowest BCUT2D eigenvalue weighted by molar-refractivity contribution is -0.136. The van der Waals surface area contributed by atoms with Crippen molar-refractivity contribution in [2.24, 2.45) is 23.5 Å². The second-order valence-corrected chi connectivity index (χ2v) is 11.6. The molecule has 8 nitrogen and oxygen atoms in total. The van der Waals surface area contributed by atoms with E-state index in [0.717, 1.165) is 51.4 Å². The first kappa shape index (κ1) is 27.1. The molecule has 2 aliphatic heterocycles. The Morgan fingerprint density at radius 1 is 1.03 bits per heavy atom. The van der Waals surface area contributed by atoms with Crippen LogP contribution in [-0.2, 0) is 14.3 Å². The molecule has 9 heteroatoms. The molecule has 2 saturated carbocycles. The summed E-state index contributed by atoms with van der Waals surface area (Å²) in [5.74, 6) is 0.0996. The SMILES string of the molecule is NCC1CCCC(CNC(=O)C2CC(N(CC3CCCO3)C(=O)C3CC3)CN2C(=O)c2ccc(F)cc2)C1. The Hall–Kier alpha value is -2.52.